The molecule has 1 aromatic carbocycles. The van der Waals surface area contributed by atoms with E-state index in [4.69, 9.17) is 4.42 Å². The average molecular weight is 357 g/mol. The number of benzene rings is 1. The molecule has 1 heterocycles. The van der Waals surface area contributed by atoms with Crippen molar-refractivity contribution in [2.75, 3.05) is 10.6 Å². The van der Waals surface area contributed by atoms with Gasteiger partial charge in [0.1, 0.15) is 5.76 Å². The molecule has 2 rings (SSSR count). The van der Waals surface area contributed by atoms with Gasteiger partial charge in [-0.05, 0) is 42.8 Å². The SMILES string of the molecule is CCCCCCCC(=O)Nc1ccc(NC(=O)NCc2ccco2)cc1. The van der Waals surface area contributed by atoms with E-state index >= 15 is 0 Å². The molecule has 2 aromatic rings. The predicted octanol–water partition coefficient (Wildman–Crippen LogP) is 4.90. The number of anilines is 2. The molecule has 0 unspecified atom stereocenters. The van der Waals surface area contributed by atoms with Gasteiger partial charge >= 0.3 is 6.03 Å². The summed E-state index contributed by atoms with van der Waals surface area (Å²) in [7, 11) is 0. The van der Waals surface area contributed by atoms with E-state index in [1.165, 1.54) is 19.3 Å². The summed E-state index contributed by atoms with van der Waals surface area (Å²) in [5.41, 5.74) is 1.38. The largest absolute Gasteiger partial charge is 0.467 e. The molecule has 0 aliphatic heterocycles. The number of hydrogen-bond donors (Lipinski definition) is 3. The first kappa shape index (κ1) is 19.6. The highest BCUT2D eigenvalue weighted by Crippen LogP contribution is 2.14. The third kappa shape index (κ3) is 7.42. The fraction of sp³-hybridized carbons (Fsp3) is 0.400. The second-order valence-corrected chi connectivity index (χ2v) is 6.18. The monoisotopic (exact) mass is 357 g/mol. The van der Waals surface area contributed by atoms with E-state index in [1.54, 1.807) is 42.7 Å². The molecule has 6 heteroatoms. The molecule has 3 amide bonds. The van der Waals surface area contributed by atoms with Crippen molar-refractivity contribution in [2.24, 2.45) is 0 Å². The lowest BCUT2D eigenvalue weighted by Crippen LogP contribution is -2.27. The zero-order valence-corrected chi connectivity index (χ0v) is 15.2. The highest BCUT2D eigenvalue weighted by molar-refractivity contribution is 5.92. The van der Waals surface area contributed by atoms with Gasteiger partial charge in [0.15, 0.2) is 0 Å². The van der Waals surface area contributed by atoms with Crippen LogP contribution in [-0.4, -0.2) is 11.9 Å². The van der Waals surface area contributed by atoms with Gasteiger partial charge in [-0.25, -0.2) is 4.79 Å². The van der Waals surface area contributed by atoms with Crippen LogP contribution in [0.1, 0.15) is 51.2 Å². The van der Waals surface area contributed by atoms with Crippen molar-refractivity contribution in [1.82, 2.24) is 5.32 Å². The van der Waals surface area contributed by atoms with Crippen molar-refractivity contribution in [3.05, 3.63) is 48.4 Å². The Labute approximate surface area is 154 Å². The molecular weight excluding hydrogens is 330 g/mol. The van der Waals surface area contributed by atoms with Crippen LogP contribution in [0.5, 0.6) is 0 Å². The molecule has 0 radical (unpaired) electrons. The summed E-state index contributed by atoms with van der Waals surface area (Å²) < 4.78 is 5.15. The Morgan fingerprint density at radius 2 is 1.62 bits per heavy atom. The van der Waals surface area contributed by atoms with E-state index in [1.807, 2.05) is 0 Å². The Kier molecular flexibility index (Phi) is 8.26. The Hall–Kier alpha value is -2.76. The van der Waals surface area contributed by atoms with Crippen LogP contribution < -0.4 is 16.0 Å². The molecule has 6 nitrogen and oxygen atoms in total. The summed E-state index contributed by atoms with van der Waals surface area (Å²) in [6, 6.07) is 10.3. The van der Waals surface area contributed by atoms with Crippen LogP contribution in [0.4, 0.5) is 16.2 Å². The van der Waals surface area contributed by atoms with Crippen molar-refractivity contribution in [1.29, 1.82) is 0 Å². The van der Waals surface area contributed by atoms with Crippen LogP contribution in [0.2, 0.25) is 0 Å². The molecule has 0 aliphatic carbocycles. The highest BCUT2D eigenvalue weighted by atomic mass is 16.3. The van der Waals surface area contributed by atoms with E-state index in [0.717, 1.165) is 18.5 Å². The maximum Gasteiger partial charge on any atom is 0.319 e. The predicted molar refractivity (Wildman–Crippen MR) is 103 cm³/mol. The van der Waals surface area contributed by atoms with E-state index < -0.39 is 0 Å². The van der Waals surface area contributed by atoms with Crippen LogP contribution >= 0.6 is 0 Å². The molecule has 3 N–H and O–H groups in total. The average Bonchev–Trinajstić information content (AvgIpc) is 3.15. The minimum atomic E-state index is -0.315. The minimum absolute atomic E-state index is 0.0263. The summed E-state index contributed by atoms with van der Waals surface area (Å²) >= 11 is 0. The van der Waals surface area contributed by atoms with Gasteiger partial charge in [-0.1, -0.05) is 32.6 Å². The first-order valence-electron chi connectivity index (χ1n) is 9.14. The van der Waals surface area contributed by atoms with Crippen LogP contribution in [0, 0.1) is 0 Å². The molecule has 0 saturated heterocycles. The van der Waals surface area contributed by atoms with Crippen LogP contribution in [0.25, 0.3) is 0 Å². The summed E-state index contributed by atoms with van der Waals surface area (Å²) in [6.07, 6.45) is 7.73. The summed E-state index contributed by atoms with van der Waals surface area (Å²) in [6.45, 7) is 2.50. The first-order chi connectivity index (χ1) is 12.7. The van der Waals surface area contributed by atoms with Crippen molar-refractivity contribution >= 4 is 23.3 Å². The first-order valence-corrected chi connectivity index (χ1v) is 9.14. The summed E-state index contributed by atoms with van der Waals surface area (Å²) in [5.74, 6) is 0.714. The Morgan fingerprint density at radius 3 is 2.27 bits per heavy atom. The maximum atomic E-state index is 11.9. The number of hydrogen-bond acceptors (Lipinski definition) is 3. The molecule has 0 fully saturated rings. The zero-order chi connectivity index (χ0) is 18.6. The van der Waals surface area contributed by atoms with Gasteiger partial charge < -0.3 is 20.4 Å². The fourth-order valence-electron chi connectivity index (χ4n) is 2.51. The van der Waals surface area contributed by atoms with E-state index in [9.17, 15) is 9.59 Å². The Morgan fingerprint density at radius 1 is 0.923 bits per heavy atom. The van der Waals surface area contributed by atoms with Crippen molar-refractivity contribution < 1.29 is 14.0 Å². The van der Waals surface area contributed by atoms with Crippen LogP contribution in [0.15, 0.2) is 47.1 Å². The Balaban J connectivity index is 1.68. The Bertz CT molecular complexity index is 666. The number of carbonyl (C=O) groups is 2. The van der Waals surface area contributed by atoms with Gasteiger partial charge in [-0.3, -0.25) is 4.79 Å². The van der Waals surface area contributed by atoms with Crippen molar-refractivity contribution in [2.45, 2.75) is 52.0 Å². The molecule has 0 atom stereocenters. The standard InChI is InChI=1S/C20H27N3O3/c1-2-3-4-5-6-9-19(24)22-16-10-12-17(13-11-16)23-20(25)21-15-18-8-7-14-26-18/h7-8,10-14H,2-6,9,15H2,1H3,(H,22,24)(H2,21,23,25). The topological polar surface area (TPSA) is 83.4 Å². The number of urea groups is 1. The van der Waals surface area contributed by atoms with Crippen molar-refractivity contribution in [3.8, 4) is 0 Å². The molecule has 1 aromatic heterocycles. The lowest BCUT2D eigenvalue weighted by Gasteiger charge is -2.09. The van der Waals surface area contributed by atoms with Gasteiger partial charge in [0.25, 0.3) is 0 Å². The molecule has 0 bridgehead atoms. The molecule has 140 valence electrons. The number of amides is 3. The van der Waals surface area contributed by atoms with Crippen molar-refractivity contribution in [3.63, 3.8) is 0 Å². The third-order valence-corrected chi connectivity index (χ3v) is 3.94. The number of carbonyl (C=O) groups excluding carboxylic acids is 2. The lowest BCUT2D eigenvalue weighted by atomic mass is 10.1. The smallest absolute Gasteiger partial charge is 0.319 e. The third-order valence-electron chi connectivity index (χ3n) is 3.94. The number of furan rings is 1. The number of rotatable bonds is 10. The van der Waals surface area contributed by atoms with Gasteiger partial charge in [0.2, 0.25) is 5.91 Å². The molecule has 0 spiro atoms. The van der Waals surface area contributed by atoms with Gasteiger partial charge in [-0.15, -0.1) is 0 Å². The molecule has 0 saturated carbocycles. The summed E-state index contributed by atoms with van der Waals surface area (Å²) in [5, 5.41) is 8.32. The lowest BCUT2D eigenvalue weighted by molar-refractivity contribution is -0.116. The summed E-state index contributed by atoms with van der Waals surface area (Å²) in [4.78, 5) is 23.7. The van der Waals surface area contributed by atoms with E-state index in [-0.39, 0.29) is 11.9 Å². The van der Waals surface area contributed by atoms with Gasteiger partial charge in [0, 0.05) is 17.8 Å². The van der Waals surface area contributed by atoms with Gasteiger partial charge in [-0.2, -0.15) is 0 Å². The number of unbranched alkanes of at least 4 members (excludes halogenated alkanes) is 4. The molecule has 0 aliphatic rings. The fourth-order valence-corrected chi connectivity index (χ4v) is 2.51. The van der Waals surface area contributed by atoms with E-state index in [0.29, 0.717) is 24.4 Å². The van der Waals surface area contributed by atoms with E-state index in [2.05, 4.69) is 22.9 Å². The normalized spacial score (nSPS) is 10.3. The van der Waals surface area contributed by atoms with Gasteiger partial charge in [0.05, 0.1) is 12.8 Å². The second-order valence-electron chi connectivity index (χ2n) is 6.18. The highest BCUT2D eigenvalue weighted by Gasteiger charge is 2.05. The quantitative estimate of drug-likeness (QED) is 0.529. The number of nitrogens with one attached hydrogen (secondary N) is 3. The van der Waals surface area contributed by atoms with Crippen LogP contribution in [0.3, 0.4) is 0 Å². The second kappa shape index (κ2) is 11.0. The molecular formula is C20H27N3O3. The minimum Gasteiger partial charge on any atom is -0.467 e. The van der Waals surface area contributed by atoms with Crippen LogP contribution in [-0.2, 0) is 11.3 Å². The maximum absolute atomic E-state index is 11.9. The zero-order valence-electron chi connectivity index (χ0n) is 15.2. The molecule has 26 heavy (non-hydrogen) atoms.